The minimum absolute atomic E-state index is 0.0198. The summed E-state index contributed by atoms with van der Waals surface area (Å²) < 4.78 is 0. The zero-order valence-electron chi connectivity index (χ0n) is 17.7. The standard InChI is InChI=1S/C25H30ClNO3/c1-16-12-22(26)15-20(24(16)29)10-11-23(28)17(2)27-25(30)21-9-8-19(14-21)13-18-6-4-3-5-7-18/h3-7,12,15,17,19,21,29H,8-11,13-14H2,1-2H3,(H,27,30)/t17-,19-,21+/m0/s1. The topological polar surface area (TPSA) is 66.4 Å². The van der Waals surface area contributed by atoms with Gasteiger partial charge in [-0.15, -0.1) is 0 Å². The molecule has 1 amide bonds. The van der Waals surface area contributed by atoms with E-state index in [1.165, 1.54) is 5.56 Å². The van der Waals surface area contributed by atoms with E-state index >= 15 is 0 Å². The minimum Gasteiger partial charge on any atom is -0.507 e. The van der Waals surface area contributed by atoms with Crippen LogP contribution in [-0.2, 0) is 22.4 Å². The van der Waals surface area contributed by atoms with Crippen LogP contribution in [0, 0.1) is 18.8 Å². The van der Waals surface area contributed by atoms with E-state index in [1.807, 2.05) is 18.2 Å². The first kappa shape index (κ1) is 22.4. The number of Topliss-reactive ketones (excluding diaryl/α,β-unsaturated/α-hetero) is 1. The number of nitrogens with one attached hydrogen (secondary N) is 1. The van der Waals surface area contributed by atoms with Crippen molar-refractivity contribution in [2.75, 3.05) is 0 Å². The van der Waals surface area contributed by atoms with Crippen LogP contribution in [0.4, 0.5) is 0 Å². The largest absolute Gasteiger partial charge is 0.507 e. The number of amides is 1. The summed E-state index contributed by atoms with van der Waals surface area (Å²) in [5.41, 5.74) is 2.66. The van der Waals surface area contributed by atoms with Crippen molar-refractivity contribution < 1.29 is 14.7 Å². The number of carbonyl (C=O) groups excluding carboxylic acids is 2. The lowest BCUT2D eigenvalue weighted by molar-refractivity contribution is -0.129. The van der Waals surface area contributed by atoms with Gasteiger partial charge in [-0.05, 0) is 80.7 Å². The molecule has 0 radical (unpaired) electrons. The van der Waals surface area contributed by atoms with Crippen molar-refractivity contribution in [1.82, 2.24) is 5.32 Å². The molecule has 2 N–H and O–H groups in total. The number of phenols is 1. The molecule has 0 bridgehead atoms. The highest BCUT2D eigenvalue weighted by molar-refractivity contribution is 6.30. The number of benzene rings is 2. The quantitative estimate of drug-likeness (QED) is 0.621. The molecule has 1 aliphatic rings. The summed E-state index contributed by atoms with van der Waals surface area (Å²) in [4.78, 5) is 25.2. The van der Waals surface area contributed by atoms with Gasteiger partial charge in [-0.2, -0.15) is 0 Å². The molecule has 0 aliphatic heterocycles. The fourth-order valence-corrected chi connectivity index (χ4v) is 4.62. The first-order chi connectivity index (χ1) is 14.3. The van der Waals surface area contributed by atoms with Gasteiger partial charge >= 0.3 is 0 Å². The Morgan fingerprint density at radius 2 is 1.93 bits per heavy atom. The Morgan fingerprint density at radius 1 is 1.20 bits per heavy atom. The molecular formula is C25H30ClNO3. The van der Waals surface area contributed by atoms with Crippen LogP contribution in [0.3, 0.4) is 0 Å². The second kappa shape index (κ2) is 10.1. The number of halogens is 1. The van der Waals surface area contributed by atoms with Crippen molar-refractivity contribution in [2.24, 2.45) is 11.8 Å². The average Bonchev–Trinajstić information content (AvgIpc) is 3.18. The Balaban J connectivity index is 1.46. The summed E-state index contributed by atoms with van der Waals surface area (Å²) >= 11 is 6.05. The number of carbonyl (C=O) groups is 2. The second-order valence-corrected chi connectivity index (χ2v) is 8.93. The lowest BCUT2D eigenvalue weighted by atomic mass is 9.96. The van der Waals surface area contributed by atoms with Crippen molar-refractivity contribution in [3.05, 3.63) is 64.2 Å². The van der Waals surface area contributed by atoms with Crippen molar-refractivity contribution in [3.8, 4) is 5.75 Å². The van der Waals surface area contributed by atoms with Crippen LogP contribution >= 0.6 is 11.6 Å². The molecule has 0 unspecified atom stereocenters. The number of hydrogen-bond acceptors (Lipinski definition) is 3. The maximum absolute atomic E-state index is 12.7. The number of hydrogen-bond donors (Lipinski definition) is 2. The van der Waals surface area contributed by atoms with Crippen LogP contribution in [0.15, 0.2) is 42.5 Å². The molecule has 1 saturated carbocycles. The minimum atomic E-state index is -0.534. The zero-order valence-corrected chi connectivity index (χ0v) is 18.4. The second-order valence-electron chi connectivity index (χ2n) is 8.49. The lowest BCUT2D eigenvalue weighted by Crippen LogP contribution is -2.41. The molecule has 0 aromatic heterocycles. The van der Waals surface area contributed by atoms with E-state index in [0.717, 1.165) is 25.7 Å². The summed E-state index contributed by atoms with van der Waals surface area (Å²) in [5, 5.41) is 13.6. The van der Waals surface area contributed by atoms with E-state index in [0.29, 0.717) is 28.5 Å². The molecule has 0 heterocycles. The van der Waals surface area contributed by atoms with Crippen LogP contribution in [0.5, 0.6) is 5.75 Å². The van der Waals surface area contributed by atoms with Gasteiger partial charge in [0.2, 0.25) is 5.91 Å². The Hall–Kier alpha value is -2.33. The molecule has 0 spiro atoms. The van der Waals surface area contributed by atoms with Crippen molar-refractivity contribution in [1.29, 1.82) is 0 Å². The molecule has 1 aliphatic carbocycles. The van der Waals surface area contributed by atoms with Crippen LogP contribution < -0.4 is 5.32 Å². The van der Waals surface area contributed by atoms with Crippen LogP contribution in [0.2, 0.25) is 5.02 Å². The number of aryl methyl sites for hydroxylation is 2. The van der Waals surface area contributed by atoms with E-state index < -0.39 is 6.04 Å². The van der Waals surface area contributed by atoms with Gasteiger partial charge in [0, 0.05) is 17.4 Å². The van der Waals surface area contributed by atoms with Gasteiger partial charge in [-0.1, -0.05) is 41.9 Å². The van der Waals surface area contributed by atoms with Crippen molar-refractivity contribution in [3.63, 3.8) is 0 Å². The SMILES string of the molecule is Cc1cc(Cl)cc(CCC(=O)[C@H](C)NC(=O)[C@@H]2CC[C@@H](Cc3ccccc3)C2)c1O. The highest BCUT2D eigenvalue weighted by Gasteiger charge is 2.31. The van der Waals surface area contributed by atoms with E-state index in [1.54, 1.807) is 26.0 Å². The van der Waals surface area contributed by atoms with Gasteiger partial charge in [-0.25, -0.2) is 0 Å². The summed E-state index contributed by atoms with van der Waals surface area (Å²) in [6.07, 6.45) is 4.44. The monoisotopic (exact) mass is 427 g/mol. The molecule has 2 aromatic carbocycles. The van der Waals surface area contributed by atoms with Crippen LogP contribution in [-0.4, -0.2) is 22.8 Å². The Morgan fingerprint density at radius 3 is 2.67 bits per heavy atom. The third-order valence-electron chi connectivity index (χ3n) is 6.11. The Labute approximate surface area is 183 Å². The fraction of sp³-hybridized carbons (Fsp3) is 0.440. The first-order valence-corrected chi connectivity index (χ1v) is 11.1. The molecule has 2 aromatic rings. The van der Waals surface area contributed by atoms with E-state index in [4.69, 9.17) is 11.6 Å². The number of ketones is 1. The molecule has 4 nitrogen and oxygen atoms in total. The van der Waals surface area contributed by atoms with Crippen molar-refractivity contribution in [2.45, 2.75) is 58.4 Å². The molecule has 5 heteroatoms. The van der Waals surface area contributed by atoms with Crippen LogP contribution in [0.25, 0.3) is 0 Å². The average molecular weight is 428 g/mol. The summed E-state index contributed by atoms with van der Waals surface area (Å²) in [6.45, 7) is 3.52. The fourth-order valence-electron chi connectivity index (χ4n) is 4.33. The summed E-state index contributed by atoms with van der Waals surface area (Å²) in [5.74, 6) is 0.614. The first-order valence-electron chi connectivity index (χ1n) is 10.7. The molecular weight excluding hydrogens is 398 g/mol. The van der Waals surface area contributed by atoms with Gasteiger partial charge in [0.15, 0.2) is 5.78 Å². The van der Waals surface area contributed by atoms with Gasteiger partial charge in [0.25, 0.3) is 0 Å². The molecule has 30 heavy (non-hydrogen) atoms. The number of phenolic OH excluding ortho intramolecular Hbond substituents is 1. The van der Waals surface area contributed by atoms with Gasteiger partial charge in [-0.3, -0.25) is 9.59 Å². The molecule has 3 rings (SSSR count). The molecule has 3 atom stereocenters. The Bertz CT molecular complexity index is 897. The molecule has 1 fully saturated rings. The Kier molecular flexibility index (Phi) is 7.54. The van der Waals surface area contributed by atoms with E-state index in [9.17, 15) is 14.7 Å². The number of aromatic hydroxyl groups is 1. The third-order valence-corrected chi connectivity index (χ3v) is 6.32. The van der Waals surface area contributed by atoms with E-state index in [-0.39, 0.29) is 29.8 Å². The predicted octanol–water partition coefficient (Wildman–Crippen LogP) is 5.02. The maximum Gasteiger partial charge on any atom is 0.223 e. The lowest BCUT2D eigenvalue weighted by Gasteiger charge is -2.17. The molecule has 160 valence electrons. The number of rotatable bonds is 8. The van der Waals surface area contributed by atoms with Crippen molar-refractivity contribution >= 4 is 23.3 Å². The normalized spacial score (nSPS) is 19.4. The zero-order chi connectivity index (χ0) is 21.7. The summed E-state index contributed by atoms with van der Waals surface area (Å²) in [6, 6.07) is 13.2. The van der Waals surface area contributed by atoms with E-state index in [2.05, 4.69) is 17.4 Å². The maximum atomic E-state index is 12.7. The highest BCUT2D eigenvalue weighted by atomic mass is 35.5. The predicted molar refractivity (Wildman–Crippen MR) is 120 cm³/mol. The molecule has 0 saturated heterocycles. The van der Waals surface area contributed by atoms with Gasteiger partial charge in [0.1, 0.15) is 5.75 Å². The highest BCUT2D eigenvalue weighted by Crippen LogP contribution is 2.33. The summed E-state index contributed by atoms with van der Waals surface area (Å²) in [7, 11) is 0. The van der Waals surface area contributed by atoms with Gasteiger partial charge in [0.05, 0.1) is 6.04 Å². The van der Waals surface area contributed by atoms with Gasteiger partial charge < -0.3 is 10.4 Å². The van der Waals surface area contributed by atoms with Crippen LogP contribution in [0.1, 0.15) is 49.3 Å². The third kappa shape index (κ3) is 5.85. The smallest absolute Gasteiger partial charge is 0.223 e.